The predicted octanol–water partition coefficient (Wildman–Crippen LogP) is 4.46. The zero-order valence-corrected chi connectivity index (χ0v) is 14.7. The number of rotatable bonds is 4. The van der Waals surface area contributed by atoms with E-state index in [4.69, 9.17) is 5.84 Å². The van der Waals surface area contributed by atoms with Crippen molar-refractivity contribution in [1.82, 2.24) is 10.3 Å². The van der Waals surface area contributed by atoms with Gasteiger partial charge in [-0.2, -0.15) is 0 Å². The molecular formula is C20H35N3. The summed E-state index contributed by atoms with van der Waals surface area (Å²) < 4.78 is 0. The van der Waals surface area contributed by atoms with Gasteiger partial charge in [0.2, 0.25) is 0 Å². The Labute approximate surface area is 143 Å². The highest BCUT2D eigenvalue weighted by Crippen LogP contribution is 2.11. The highest BCUT2D eigenvalue weighted by Gasteiger charge is 2.04. The Bertz CT molecular complexity index is 382. The molecular weight excluding hydrogens is 282 g/mol. The highest BCUT2D eigenvalue weighted by atomic mass is 15.2. The third kappa shape index (κ3) is 10.9. The van der Waals surface area contributed by atoms with Crippen molar-refractivity contribution in [2.24, 2.45) is 5.84 Å². The van der Waals surface area contributed by atoms with Gasteiger partial charge in [0, 0.05) is 25.3 Å². The minimum Gasteiger partial charge on any atom is -0.372 e. The molecule has 0 aromatic carbocycles. The lowest BCUT2D eigenvalue weighted by Gasteiger charge is -2.24. The molecule has 0 fully saturated rings. The van der Waals surface area contributed by atoms with E-state index in [-0.39, 0.29) is 0 Å². The Morgan fingerprint density at radius 1 is 0.957 bits per heavy atom. The third-order valence-corrected chi connectivity index (χ3v) is 4.16. The second-order valence-electron chi connectivity index (χ2n) is 6.18. The van der Waals surface area contributed by atoms with Crippen LogP contribution in [0.15, 0.2) is 48.7 Å². The number of hydrogen-bond acceptors (Lipinski definition) is 3. The van der Waals surface area contributed by atoms with Gasteiger partial charge in [0.15, 0.2) is 0 Å². The quantitative estimate of drug-likeness (QED) is 0.457. The molecule has 0 saturated carbocycles. The minimum absolute atomic E-state index is 0.839. The average molecular weight is 318 g/mol. The Morgan fingerprint density at radius 3 is 2.35 bits per heavy atom. The number of allylic oxidation sites excluding steroid dienone is 5. The summed E-state index contributed by atoms with van der Waals surface area (Å²) >= 11 is 0. The second-order valence-corrected chi connectivity index (χ2v) is 6.18. The Morgan fingerprint density at radius 2 is 1.61 bits per heavy atom. The van der Waals surface area contributed by atoms with Crippen LogP contribution in [0.25, 0.3) is 0 Å². The molecule has 1 rings (SSSR count). The fourth-order valence-electron chi connectivity index (χ4n) is 2.73. The molecule has 1 heterocycles. The lowest BCUT2D eigenvalue weighted by Crippen LogP contribution is -2.29. The van der Waals surface area contributed by atoms with Gasteiger partial charge in [-0.05, 0) is 44.6 Å². The Balaban J connectivity index is 2.54. The van der Waals surface area contributed by atoms with Gasteiger partial charge in [-0.25, -0.2) is 0 Å². The Kier molecular flexibility index (Phi) is 12.3. The molecule has 0 spiro atoms. The van der Waals surface area contributed by atoms with Crippen molar-refractivity contribution in [3.8, 4) is 0 Å². The van der Waals surface area contributed by atoms with Gasteiger partial charge in [-0.3, -0.25) is 11.3 Å². The average Bonchev–Trinajstić information content (AvgIpc) is 2.56. The first kappa shape index (κ1) is 19.7. The van der Waals surface area contributed by atoms with E-state index in [1.807, 2.05) is 0 Å². The van der Waals surface area contributed by atoms with Crippen molar-refractivity contribution in [2.75, 3.05) is 19.6 Å². The molecule has 3 N–H and O–H groups in total. The Hall–Kier alpha value is -1.32. The molecule has 0 atom stereocenters. The topological polar surface area (TPSA) is 41.3 Å². The van der Waals surface area contributed by atoms with Crippen molar-refractivity contribution in [3.63, 3.8) is 0 Å². The molecule has 0 aliphatic carbocycles. The van der Waals surface area contributed by atoms with E-state index in [2.05, 4.69) is 53.4 Å². The third-order valence-electron chi connectivity index (χ3n) is 4.16. The summed E-state index contributed by atoms with van der Waals surface area (Å²) in [6, 6.07) is 0. The normalized spacial score (nSPS) is 23.2. The predicted molar refractivity (Wildman–Crippen MR) is 102 cm³/mol. The van der Waals surface area contributed by atoms with E-state index in [1.54, 1.807) is 0 Å². The van der Waals surface area contributed by atoms with Gasteiger partial charge in [0.1, 0.15) is 0 Å². The summed E-state index contributed by atoms with van der Waals surface area (Å²) in [7, 11) is 0. The molecule has 3 nitrogen and oxygen atoms in total. The van der Waals surface area contributed by atoms with E-state index in [1.165, 1.54) is 38.5 Å². The minimum atomic E-state index is 0.839. The van der Waals surface area contributed by atoms with Crippen LogP contribution in [0.1, 0.15) is 57.8 Å². The number of hydrogen-bond donors (Lipinski definition) is 2. The molecule has 0 aromatic rings. The summed E-state index contributed by atoms with van der Waals surface area (Å²) in [5.74, 6) is 5.37. The van der Waals surface area contributed by atoms with Crippen molar-refractivity contribution in [2.45, 2.75) is 57.8 Å². The standard InChI is InChI=1S/C20H35N3/c1-20-16-13-11-9-7-5-3-2-4-6-8-10-12-14-18-23(20)19-15-17-22-21/h6,8,10,12-13,16,22H,1-5,7,9,11,14-15,17-19,21H2/b8-6-,12-10-,16-13-. The molecule has 0 aromatic heterocycles. The van der Waals surface area contributed by atoms with Gasteiger partial charge < -0.3 is 4.90 Å². The zero-order chi connectivity index (χ0) is 16.6. The molecule has 0 radical (unpaired) electrons. The van der Waals surface area contributed by atoms with Crippen LogP contribution in [-0.2, 0) is 0 Å². The second kappa shape index (κ2) is 14.3. The summed E-state index contributed by atoms with van der Waals surface area (Å²) in [6.45, 7) is 7.09. The van der Waals surface area contributed by atoms with E-state index >= 15 is 0 Å². The van der Waals surface area contributed by atoms with Crippen molar-refractivity contribution >= 4 is 0 Å². The lowest BCUT2D eigenvalue weighted by atomic mass is 10.1. The lowest BCUT2D eigenvalue weighted by molar-refractivity contribution is 0.353. The first-order valence-corrected chi connectivity index (χ1v) is 9.20. The first-order chi connectivity index (χ1) is 11.3. The molecule has 130 valence electrons. The van der Waals surface area contributed by atoms with Crippen molar-refractivity contribution in [3.05, 3.63) is 48.7 Å². The first-order valence-electron chi connectivity index (χ1n) is 9.20. The van der Waals surface area contributed by atoms with Gasteiger partial charge in [0.05, 0.1) is 0 Å². The number of nitrogens with two attached hydrogens (primary N) is 1. The zero-order valence-electron chi connectivity index (χ0n) is 14.7. The summed E-state index contributed by atoms with van der Waals surface area (Å²) in [6.07, 6.45) is 24.5. The molecule has 0 bridgehead atoms. The van der Waals surface area contributed by atoms with Crippen LogP contribution < -0.4 is 11.3 Å². The fourth-order valence-corrected chi connectivity index (χ4v) is 2.73. The largest absolute Gasteiger partial charge is 0.372 e. The van der Waals surface area contributed by atoms with Crippen molar-refractivity contribution in [1.29, 1.82) is 0 Å². The van der Waals surface area contributed by atoms with Crippen LogP contribution >= 0.6 is 0 Å². The van der Waals surface area contributed by atoms with E-state index in [0.29, 0.717) is 0 Å². The molecule has 0 unspecified atom stereocenters. The number of nitrogens with zero attached hydrogens (tertiary/aromatic N) is 1. The fraction of sp³-hybridized carbons (Fsp3) is 0.600. The van der Waals surface area contributed by atoms with E-state index in [0.717, 1.165) is 44.6 Å². The van der Waals surface area contributed by atoms with Crippen molar-refractivity contribution < 1.29 is 0 Å². The maximum Gasteiger partial charge on any atom is 0.0290 e. The number of hydrazine groups is 1. The maximum absolute atomic E-state index is 5.37. The summed E-state index contributed by atoms with van der Waals surface area (Å²) in [5.41, 5.74) is 3.85. The highest BCUT2D eigenvalue weighted by molar-refractivity contribution is 5.13. The van der Waals surface area contributed by atoms with Crippen LogP contribution in [0, 0.1) is 0 Å². The SMILES string of the molecule is C=C1/C=C\CCCCCCC/C=C\C=C/CCN1CCCNN. The van der Waals surface area contributed by atoms with E-state index in [9.17, 15) is 0 Å². The van der Waals surface area contributed by atoms with E-state index < -0.39 is 0 Å². The van der Waals surface area contributed by atoms with Crippen LogP contribution in [0.5, 0.6) is 0 Å². The maximum atomic E-state index is 5.37. The van der Waals surface area contributed by atoms with Gasteiger partial charge in [0.25, 0.3) is 0 Å². The van der Waals surface area contributed by atoms with Gasteiger partial charge in [-0.15, -0.1) is 0 Å². The molecule has 1 aliphatic rings. The van der Waals surface area contributed by atoms with Crippen LogP contribution in [-0.4, -0.2) is 24.5 Å². The molecule has 0 amide bonds. The molecule has 23 heavy (non-hydrogen) atoms. The van der Waals surface area contributed by atoms with Gasteiger partial charge >= 0.3 is 0 Å². The monoisotopic (exact) mass is 317 g/mol. The molecule has 0 saturated heterocycles. The van der Waals surface area contributed by atoms with Gasteiger partial charge in [-0.1, -0.05) is 56.2 Å². The molecule has 3 heteroatoms. The summed E-state index contributed by atoms with van der Waals surface area (Å²) in [4.78, 5) is 2.36. The van der Waals surface area contributed by atoms with Crippen LogP contribution in [0.4, 0.5) is 0 Å². The smallest absolute Gasteiger partial charge is 0.0290 e. The van der Waals surface area contributed by atoms with Crippen LogP contribution in [0.2, 0.25) is 0 Å². The summed E-state index contributed by atoms with van der Waals surface area (Å²) in [5, 5.41) is 0. The molecule has 1 aliphatic heterocycles. The van der Waals surface area contributed by atoms with Crippen LogP contribution in [0.3, 0.4) is 0 Å². The number of nitrogens with one attached hydrogen (secondary N) is 1.